The van der Waals surface area contributed by atoms with E-state index in [4.69, 9.17) is 5.11 Å². The minimum Gasteiger partial charge on any atom is -0.393 e. The fourth-order valence-electron chi connectivity index (χ4n) is 1.46. The van der Waals surface area contributed by atoms with Crippen LogP contribution in [0.25, 0.3) is 0 Å². The van der Waals surface area contributed by atoms with Gasteiger partial charge in [-0.3, -0.25) is 0 Å². The average Bonchev–Trinajstić information content (AvgIpc) is 2.35. The van der Waals surface area contributed by atoms with Gasteiger partial charge < -0.3 is 10.4 Å². The molecule has 0 fully saturated rings. The molecule has 0 aliphatic heterocycles. The number of hydrogen-bond donors (Lipinski definition) is 2. The van der Waals surface area contributed by atoms with Gasteiger partial charge in [0.2, 0.25) is 10.0 Å². The molecule has 0 amide bonds. The van der Waals surface area contributed by atoms with Crippen LogP contribution >= 0.6 is 0 Å². The number of pyridine rings is 1. The highest BCUT2D eigenvalue weighted by molar-refractivity contribution is 7.89. The quantitative estimate of drug-likeness (QED) is 0.728. The summed E-state index contributed by atoms with van der Waals surface area (Å²) in [4.78, 5) is 4.24. The molecule has 0 bridgehead atoms. The van der Waals surface area contributed by atoms with Crippen LogP contribution in [0.3, 0.4) is 0 Å². The molecule has 1 aromatic rings. The second-order valence-corrected chi connectivity index (χ2v) is 6.74. The number of hydrogen-bond acceptors (Lipinski definition) is 5. The first-order valence-corrected chi connectivity index (χ1v) is 7.58. The van der Waals surface area contributed by atoms with E-state index in [1.54, 1.807) is 13.0 Å². The minimum absolute atomic E-state index is 0.173. The zero-order valence-corrected chi connectivity index (χ0v) is 12.3. The summed E-state index contributed by atoms with van der Waals surface area (Å²) in [5, 5.41) is 12.2. The minimum atomic E-state index is -3.42. The first-order chi connectivity index (χ1) is 8.84. The number of aromatic nitrogens is 1. The highest BCUT2D eigenvalue weighted by Crippen LogP contribution is 2.13. The summed E-state index contributed by atoms with van der Waals surface area (Å²) in [7, 11) is -0.453. The third-order valence-electron chi connectivity index (χ3n) is 2.62. The van der Waals surface area contributed by atoms with Crippen molar-refractivity contribution in [2.75, 3.05) is 26.0 Å². The van der Waals surface area contributed by atoms with Crippen molar-refractivity contribution in [1.29, 1.82) is 0 Å². The van der Waals surface area contributed by atoms with Gasteiger partial charge >= 0.3 is 0 Å². The third-order valence-corrected chi connectivity index (χ3v) is 4.42. The highest BCUT2D eigenvalue weighted by Gasteiger charge is 2.17. The van der Waals surface area contributed by atoms with E-state index in [2.05, 4.69) is 10.3 Å². The first-order valence-electron chi connectivity index (χ1n) is 6.14. The summed E-state index contributed by atoms with van der Waals surface area (Å²) >= 11 is 0. The number of nitrogens with zero attached hydrogens (tertiary/aromatic N) is 2. The van der Waals surface area contributed by atoms with E-state index in [9.17, 15) is 8.42 Å². The van der Waals surface area contributed by atoms with Crippen molar-refractivity contribution in [3.8, 4) is 0 Å². The molecule has 2 N–H and O–H groups in total. The topological polar surface area (TPSA) is 82.5 Å². The van der Waals surface area contributed by atoms with E-state index >= 15 is 0 Å². The lowest BCUT2D eigenvalue weighted by atomic mass is 10.2. The van der Waals surface area contributed by atoms with E-state index in [0.29, 0.717) is 12.4 Å². The number of rotatable bonds is 7. The molecule has 1 rings (SSSR count). The molecule has 1 heterocycles. The molecule has 6 nitrogen and oxygen atoms in total. The molecule has 0 aliphatic rings. The summed E-state index contributed by atoms with van der Waals surface area (Å²) in [6.45, 7) is 2.44. The van der Waals surface area contributed by atoms with E-state index in [-0.39, 0.29) is 11.0 Å². The molecule has 1 atom stereocenters. The standard InChI is InChI=1S/C12H21N3O3S/c1-10(16)5-4-8-13-12-7-6-11(9-14-12)19(17,18)15(2)3/h6-7,9-10,16H,4-5,8H2,1-3H3,(H,13,14). The Balaban J connectivity index is 2.58. The first kappa shape index (κ1) is 15.9. The summed E-state index contributed by atoms with van der Waals surface area (Å²) in [5.41, 5.74) is 0. The second kappa shape index (κ2) is 6.83. The number of aliphatic hydroxyl groups is 1. The van der Waals surface area contributed by atoms with Gasteiger partial charge in [-0.1, -0.05) is 0 Å². The number of aliphatic hydroxyl groups excluding tert-OH is 1. The van der Waals surface area contributed by atoms with Gasteiger partial charge in [0.25, 0.3) is 0 Å². The van der Waals surface area contributed by atoms with Crippen LogP contribution in [-0.4, -0.2) is 49.6 Å². The van der Waals surface area contributed by atoms with Gasteiger partial charge in [-0.05, 0) is 31.9 Å². The van der Waals surface area contributed by atoms with E-state index in [1.165, 1.54) is 26.4 Å². The van der Waals surface area contributed by atoms with Crippen molar-refractivity contribution >= 4 is 15.8 Å². The number of anilines is 1. The van der Waals surface area contributed by atoms with Crippen molar-refractivity contribution in [2.45, 2.75) is 30.8 Å². The Morgan fingerprint density at radius 2 is 2.11 bits per heavy atom. The number of nitrogens with one attached hydrogen (secondary N) is 1. The zero-order chi connectivity index (χ0) is 14.5. The van der Waals surface area contributed by atoms with Crippen LogP contribution in [0.1, 0.15) is 19.8 Å². The van der Waals surface area contributed by atoms with Gasteiger partial charge in [-0.25, -0.2) is 17.7 Å². The average molecular weight is 287 g/mol. The molecule has 0 aliphatic carbocycles. The summed E-state index contributed by atoms with van der Waals surface area (Å²) in [5.74, 6) is 0.628. The Hall–Kier alpha value is -1.18. The SMILES string of the molecule is CC(O)CCCNc1ccc(S(=O)(=O)N(C)C)cn1. The number of sulfonamides is 1. The van der Waals surface area contributed by atoms with Crippen molar-refractivity contribution in [3.63, 3.8) is 0 Å². The maximum absolute atomic E-state index is 11.8. The molecular formula is C12H21N3O3S. The summed E-state index contributed by atoms with van der Waals surface area (Å²) in [6.07, 6.45) is 2.59. The van der Waals surface area contributed by atoms with E-state index in [0.717, 1.165) is 17.1 Å². The third kappa shape index (κ3) is 4.77. The Labute approximate surface area is 114 Å². The van der Waals surface area contributed by atoms with Crippen LogP contribution in [0.5, 0.6) is 0 Å². The van der Waals surface area contributed by atoms with E-state index in [1.807, 2.05) is 0 Å². The monoisotopic (exact) mass is 287 g/mol. The van der Waals surface area contributed by atoms with Gasteiger partial charge in [-0.2, -0.15) is 0 Å². The molecule has 108 valence electrons. The lowest BCUT2D eigenvalue weighted by Gasteiger charge is -2.11. The second-order valence-electron chi connectivity index (χ2n) is 4.58. The highest BCUT2D eigenvalue weighted by atomic mass is 32.2. The van der Waals surface area contributed by atoms with Gasteiger partial charge in [0, 0.05) is 26.8 Å². The normalized spacial score (nSPS) is 13.5. The van der Waals surface area contributed by atoms with Crippen molar-refractivity contribution < 1.29 is 13.5 Å². The molecule has 0 saturated carbocycles. The van der Waals surface area contributed by atoms with Gasteiger partial charge in [0.15, 0.2) is 0 Å². The molecular weight excluding hydrogens is 266 g/mol. The summed E-state index contributed by atoms with van der Waals surface area (Å²) < 4.78 is 24.8. The summed E-state index contributed by atoms with van der Waals surface area (Å²) in [6, 6.07) is 3.16. The fraction of sp³-hybridized carbons (Fsp3) is 0.583. The largest absolute Gasteiger partial charge is 0.393 e. The Morgan fingerprint density at radius 1 is 1.42 bits per heavy atom. The molecule has 19 heavy (non-hydrogen) atoms. The van der Waals surface area contributed by atoms with Crippen molar-refractivity contribution in [2.24, 2.45) is 0 Å². The van der Waals surface area contributed by atoms with Gasteiger partial charge in [0.05, 0.1) is 6.10 Å². The van der Waals surface area contributed by atoms with Gasteiger partial charge in [-0.15, -0.1) is 0 Å². The predicted octanol–water partition coefficient (Wildman–Crippen LogP) is 0.905. The predicted molar refractivity (Wildman–Crippen MR) is 74.5 cm³/mol. The molecule has 0 spiro atoms. The maximum Gasteiger partial charge on any atom is 0.244 e. The Kier molecular flexibility index (Phi) is 5.71. The van der Waals surface area contributed by atoms with Crippen LogP contribution in [0.15, 0.2) is 23.2 Å². The fourth-order valence-corrected chi connectivity index (χ4v) is 2.31. The molecule has 7 heteroatoms. The Morgan fingerprint density at radius 3 is 2.58 bits per heavy atom. The van der Waals surface area contributed by atoms with Crippen LogP contribution in [0, 0.1) is 0 Å². The molecule has 1 aromatic heterocycles. The van der Waals surface area contributed by atoms with E-state index < -0.39 is 10.0 Å². The maximum atomic E-state index is 11.8. The van der Waals surface area contributed by atoms with Crippen LogP contribution in [0.2, 0.25) is 0 Å². The zero-order valence-electron chi connectivity index (χ0n) is 11.5. The van der Waals surface area contributed by atoms with Crippen LogP contribution in [-0.2, 0) is 10.0 Å². The smallest absolute Gasteiger partial charge is 0.244 e. The molecule has 0 radical (unpaired) electrons. The molecule has 1 unspecified atom stereocenters. The van der Waals surface area contributed by atoms with Crippen LogP contribution < -0.4 is 5.32 Å². The Bertz CT molecular complexity index is 483. The lowest BCUT2D eigenvalue weighted by molar-refractivity contribution is 0.183. The van der Waals surface area contributed by atoms with Gasteiger partial charge in [0.1, 0.15) is 10.7 Å². The van der Waals surface area contributed by atoms with Crippen LogP contribution in [0.4, 0.5) is 5.82 Å². The molecule has 0 saturated heterocycles. The van der Waals surface area contributed by atoms with Crippen molar-refractivity contribution in [1.82, 2.24) is 9.29 Å². The van der Waals surface area contributed by atoms with Crippen molar-refractivity contribution in [3.05, 3.63) is 18.3 Å². The lowest BCUT2D eigenvalue weighted by Crippen LogP contribution is -2.22. The molecule has 0 aromatic carbocycles.